The lowest BCUT2D eigenvalue weighted by atomic mass is 10.3. The summed E-state index contributed by atoms with van der Waals surface area (Å²) in [5.41, 5.74) is 0. The van der Waals surface area contributed by atoms with Crippen molar-refractivity contribution < 1.29 is 9.47 Å². The molecule has 2 rings (SSSR count). The minimum atomic E-state index is 0.348. The van der Waals surface area contributed by atoms with E-state index in [-0.39, 0.29) is 0 Å². The predicted octanol–water partition coefficient (Wildman–Crippen LogP) is 0.381. The third kappa shape index (κ3) is 5.25. The second kappa shape index (κ2) is 7.22. The maximum absolute atomic E-state index is 5.59. The summed E-state index contributed by atoms with van der Waals surface area (Å²) in [5.74, 6) is 0.884. The Hall–Kier alpha value is -0.160. The largest absolute Gasteiger partial charge is 0.381 e. The summed E-state index contributed by atoms with van der Waals surface area (Å²) in [6, 6.07) is 0. The smallest absolute Gasteiger partial charge is 0.0824 e. The Bertz CT molecular complexity index is 180. The van der Waals surface area contributed by atoms with Crippen LogP contribution in [0.1, 0.15) is 19.3 Å². The minimum Gasteiger partial charge on any atom is -0.381 e. The predicted molar refractivity (Wildman–Crippen MR) is 63.6 cm³/mol. The normalized spacial score (nSPS) is 25.9. The fraction of sp³-hybridized carbons (Fsp3) is 1.00. The van der Waals surface area contributed by atoms with Gasteiger partial charge in [0.1, 0.15) is 0 Å². The molecule has 1 unspecified atom stereocenters. The standard InChI is InChI=1S/C12H24N2O2/c1(6-15-10-11-2-3-11)4-13-8-12-9-14-5-7-16-12/h11-14H,1-10H2. The molecule has 0 spiro atoms. The van der Waals surface area contributed by atoms with Crippen molar-refractivity contribution >= 4 is 0 Å². The van der Waals surface area contributed by atoms with Crippen molar-refractivity contribution in [2.45, 2.75) is 25.4 Å². The highest BCUT2D eigenvalue weighted by molar-refractivity contribution is 4.72. The van der Waals surface area contributed by atoms with Crippen LogP contribution in [0.3, 0.4) is 0 Å². The number of hydrogen-bond acceptors (Lipinski definition) is 4. The molecule has 0 aromatic rings. The molecule has 0 aromatic heterocycles. The molecule has 0 radical (unpaired) electrons. The van der Waals surface area contributed by atoms with Gasteiger partial charge in [0, 0.05) is 32.8 Å². The van der Waals surface area contributed by atoms with Gasteiger partial charge >= 0.3 is 0 Å². The molecule has 0 bridgehead atoms. The topological polar surface area (TPSA) is 42.5 Å². The van der Waals surface area contributed by atoms with Gasteiger partial charge in [-0.25, -0.2) is 0 Å². The maximum atomic E-state index is 5.59. The Morgan fingerprint density at radius 1 is 1.38 bits per heavy atom. The highest BCUT2D eigenvalue weighted by Gasteiger charge is 2.20. The lowest BCUT2D eigenvalue weighted by Crippen LogP contribution is -2.44. The third-order valence-electron chi connectivity index (χ3n) is 3.07. The molecule has 1 saturated heterocycles. The first-order chi connectivity index (χ1) is 7.95. The number of rotatable bonds is 8. The van der Waals surface area contributed by atoms with Crippen LogP contribution in [-0.2, 0) is 9.47 Å². The summed E-state index contributed by atoms with van der Waals surface area (Å²) < 4.78 is 11.2. The number of nitrogens with one attached hydrogen (secondary N) is 2. The van der Waals surface area contributed by atoms with Crippen molar-refractivity contribution in [3.05, 3.63) is 0 Å². The molecule has 1 aliphatic carbocycles. The molecular weight excluding hydrogens is 204 g/mol. The van der Waals surface area contributed by atoms with Crippen LogP contribution < -0.4 is 10.6 Å². The molecule has 1 aliphatic heterocycles. The Kier molecular flexibility index (Phi) is 5.55. The molecule has 2 aliphatic rings. The monoisotopic (exact) mass is 228 g/mol. The average molecular weight is 228 g/mol. The van der Waals surface area contributed by atoms with Gasteiger partial charge in [-0.3, -0.25) is 0 Å². The van der Waals surface area contributed by atoms with Crippen LogP contribution in [0.2, 0.25) is 0 Å². The molecule has 1 saturated carbocycles. The summed E-state index contributed by atoms with van der Waals surface area (Å²) in [7, 11) is 0. The first kappa shape index (κ1) is 12.3. The van der Waals surface area contributed by atoms with Gasteiger partial charge in [-0.2, -0.15) is 0 Å². The third-order valence-corrected chi connectivity index (χ3v) is 3.07. The van der Waals surface area contributed by atoms with E-state index in [2.05, 4.69) is 10.6 Å². The molecule has 2 fully saturated rings. The van der Waals surface area contributed by atoms with E-state index in [0.29, 0.717) is 6.10 Å². The Labute approximate surface area is 98.1 Å². The number of ether oxygens (including phenoxy) is 2. The van der Waals surface area contributed by atoms with E-state index in [4.69, 9.17) is 9.47 Å². The van der Waals surface area contributed by atoms with Crippen molar-refractivity contribution in [1.82, 2.24) is 10.6 Å². The minimum absolute atomic E-state index is 0.348. The van der Waals surface area contributed by atoms with Crippen molar-refractivity contribution in [2.24, 2.45) is 5.92 Å². The molecule has 16 heavy (non-hydrogen) atoms. The summed E-state index contributed by atoms with van der Waals surface area (Å²) in [6.07, 6.45) is 4.21. The van der Waals surface area contributed by atoms with E-state index in [9.17, 15) is 0 Å². The van der Waals surface area contributed by atoms with Gasteiger partial charge in [0.25, 0.3) is 0 Å². The molecule has 1 heterocycles. The van der Waals surface area contributed by atoms with Crippen LogP contribution >= 0.6 is 0 Å². The maximum Gasteiger partial charge on any atom is 0.0824 e. The molecular formula is C12H24N2O2. The van der Waals surface area contributed by atoms with Crippen LogP contribution in [0.5, 0.6) is 0 Å². The highest BCUT2D eigenvalue weighted by atomic mass is 16.5. The molecule has 94 valence electrons. The number of hydrogen-bond donors (Lipinski definition) is 2. The second-order valence-corrected chi connectivity index (χ2v) is 4.77. The highest BCUT2D eigenvalue weighted by Crippen LogP contribution is 2.28. The average Bonchev–Trinajstić information content (AvgIpc) is 3.13. The zero-order chi connectivity index (χ0) is 11.1. The zero-order valence-corrected chi connectivity index (χ0v) is 10.0. The van der Waals surface area contributed by atoms with E-state index < -0.39 is 0 Å². The summed E-state index contributed by atoms with van der Waals surface area (Å²) in [5, 5.41) is 6.74. The second-order valence-electron chi connectivity index (χ2n) is 4.77. The van der Waals surface area contributed by atoms with Crippen LogP contribution in [-0.4, -0.2) is 52.1 Å². The van der Waals surface area contributed by atoms with Gasteiger partial charge in [0.15, 0.2) is 0 Å². The van der Waals surface area contributed by atoms with E-state index in [1.54, 1.807) is 0 Å². The molecule has 1 atom stereocenters. The summed E-state index contributed by atoms with van der Waals surface area (Å²) >= 11 is 0. The van der Waals surface area contributed by atoms with Crippen LogP contribution in [0, 0.1) is 5.92 Å². The summed E-state index contributed by atoms with van der Waals surface area (Å²) in [4.78, 5) is 0. The SMILES string of the molecule is C(CNCC1CNCCO1)COCC1CC1. The van der Waals surface area contributed by atoms with Crippen LogP contribution in [0.15, 0.2) is 0 Å². The Morgan fingerprint density at radius 2 is 2.31 bits per heavy atom. The fourth-order valence-electron chi connectivity index (χ4n) is 1.85. The van der Waals surface area contributed by atoms with Crippen LogP contribution in [0.25, 0.3) is 0 Å². The van der Waals surface area contributed by atoms with Crippen LogP contribution in [0.4, 0.5) is 0 Å². The lowest BCUT2D eigenvalue weighted by molar-refractivity contribution is 0.0288. The van der Waals surface area contributed by atoms with Gasteiger partial charge in [-0.1, -0.05) is 0 Å². The van der Waals surface area contributed by atoms with E-state index in [0.717, 1.165) is 58.3 Å². The fourth-order valence-corrected chi connectivity index (χ4v) is 1.85. The van der Waals surface area contributed by atoms with Gasteiger partial charge in [-0.15, -0.1) is 0 Å². The van der Waals surface area contributed by atoms with Gasteiger partial charge < -0.3 is 20.1 Å². The summed E-state index contributed by atoms with van der Waals surface area (Å²) in [6.45, 7) is 6.68. The van der Waals surface area contributed by atoms with E-state index >= 15 is 0 Å². The van der Waals surface area contributed by atoms with Gasteiger partial charge in [0.2, 0.25) is 0 Å². The molecule has 4 nitrogen and oxygen atoms in total. The van der Waals surface area contributed by atoms with Crippen molar-refractivity contribution in [2.75, 3.05) is 46.0 Å². The molecule has 4 heteroatoms. The van der Waals surface area contributed by atoms with E-state index in [1.165, 1.54) is 12.8 Å². The Balaban J connectivity index is 1.33. The first-order valence-electron chi connectivity index (χ1n) is 6.56. The Morgan fingerprint density at radius 3 is 3.06 bits per heavy atom. The van der Waals surface area contributed by atoms with Crippen molar-refractivity contribution in [1.29, 1.82) is 0 Å². The van der Waals surface area contributed by atoms with E-state index in [1.807, 2.05) is 0 Å². The quantitative estimate of drug-likeness (QED) is 0.590. The zero-order valence-electron chi connectivity index (χ0n) is 10.0. The molecule has 0 aromatic carbocycles. The van der Waals surface area contributed by atoms with Crippen molar-refractivity contribution in [3.8, 4) is 0 Å². The molecule has 0 amide bonds. The van der Waals surface area contributed by atoms with Gasteiger partial charge in [0.05, 0.1) is 12.7 Å². The van der Waals surface area contributed by atoms with Crippen molar-refractivity contribution in [3.63, 3.8) is 0 Å². The lowest BCUT2D eigenvalue weighted by Gasteiger charge is -2.23. The molecule has 2 N–H and O–H groups in total. The first-order valence-corrected chi connectivity index (χ1v) is 6.56. The number of morpholine rings is 1. The van der Waals surface area contributed by atoms with Gasteiger partial charge in [-0.05, 0) is 31.7 Å².